The van der Waals surface area contributed by atoms with E-state index in [-0.39, 0.29) is 5.91 Å². The molecule has 1 aromatic carbocycles. The topological polar surface area (TPSA) is 62.0 Å². The highest BCUT2D eigenvalue weighted by atomic mass is 16.5. The molecule has 0 aromatic heterocycles. The molecule has 1 aromatic rings. The molecule has 2 heterocycles. The quantitative estimate of drug-likeness (QED) is 0.857. The summed E-state index contributed by atoms with van der Waals surface area (Å²) in [4.78, 5) is 18.6. The van der Waals surface area contributed by atoms with E-state index in [9.17, 15) is 4.79 Å². The zero-order valence-electron chi connectivity index (χ0n) is 14.5. The third kappa shape index (κ3) is 4.26. The SMILES string of the molecule is CC(CN1CCOCC1)N1CCN(c2ccc(C(N)=O)cc2)CC1. The van der Waals surface area contributed by atoms with Gasteiger partial charge in [0.05, 0.1) is 13.2 Å². The van der Waals surface area contributed by atoms with Gasteiger partial charge in [-0.15, -0.1) is 0 Å². The monoisotopic (exact) mass is 332 g/mol. The Kier molecular flexibility index (Phi) is 5.71. The number of ether oxygens (including phenoxy) is 1. The Hall–Kier alpha value is -1.63. The predicted molar refractivity (Wildman–Crippen MR) is 95.5 cm³/mol. The van der Waals surface area contributed by atoms with Crippen LogP contribution in [0.4, 0.5) is 5.69 Å². The van der Waals surface area contributed by atoms with Gasteiger partial charge in [0.25, 0.3) is 0 Å². The van der Waals surface area contributed by atoms with Gasteiger partial charge in [-0.2, -0.15) is 0 Å². The first-order valence-corrected chi connectivity index (χ1v) is 8.82. The molecule has 1 atom stereocenters. The molecule has 6 nitrogen and oxygen atoms in total. The minimum Gasteiger partial charge on any atom is -0.379 e. The van der Waals surface area contributed by atoms with Crippen molar-refractivity contribution in [2.45, 2.75) is 13.0 Å². The van der Waals surface area contributed by atoms with Crippen LogP contribution in [0, 0.1) is 0 Å². The van der Waals surface area contributed by atoms with Gasteiger partial charge in [-0.3, -0.25) is 14.6 Å². The summed E-state index contributed by atoms with van der Waals surface area (Å²) in [6.07, 6.45) is 0. The highest BCUT2D eigenvalue weighted by Crippen LogP contribution is 2.18. The van der Waals surface area contributed by atoms with E-state index in [1.54, 1.807) is 0 Å². The minimum atomic E-state index is -0.372. The van der Waals surface area contributed by atoms with Crippen LogP contribution in [-0.2, 0) is 4.74 Å². The third-order valence-corrected chi connectivity index (χ3v) is 5.08. The summed E-state index contributed by atoms with van der Waals surface area (Å²) >= 11 is 0. The molecular weight excluding hydrogens is 304 g/mol. The number of rotatable bonds is 5. The van der Waals surface area contributed by atoms with Crippen LogP contribution in [0.25, 0.3) is 0 Å². The molecule has 2 aliphatic rings. The molecule has 2 saturated heterocycles. The van der Waals surface area contributed by atoms with E-state index >= 15 is 0 Å². The lowest BCUT2D eigenvalue weighted by Gasteiger charge is -2.41. The fourth-order valence-electron chi connectivity index (χ4n) is 3.53. The lowest BCUT2D eigenvalue weighted by atomic mass is 10.1. The maximum atomic E-state index is 11.2. The highest BCUT2D eigenvalue weighted by molar-refractivity contribution is 5.93. The molecule has 0 aliphatic carbocycles. The van der Waals surface area contributed by atoms with Gasteiger partial charge < -0.3 is 15.4 Å². The van der Waals surface area contributed by atoms with Gasteiger partial charge in [0, 0.05) is 63.1 Å². The number of carbonyl (C=O) groups excluding carboxylic acids is 1. The summed E-state index contributed by atoms with van der Waals surface area (Å²) in [5, 5.41) is 0. The van der Waals surface area contributed by atoms with Crippen molar-refractivity contribution in [2.24, 2.45) is 5.73 Å². The Bertz CT molecular complexity index is 534. The molecule has 1 unspecified atom stereocenters. The highest BCUT2D eigenvalue weighted by Gasteiger charge is 2.23. The van der Waals surface area contributed by atoms with Gasteiger partial charge in [0.2, 0.25) is 5.91 Å². The standard InChI is InChI=1S/C18H28N4O2/c1-15(14-20-10-12-24-13-11-20)21-6-8-22(9-7-21)17-4-2-16(3-5-17)18(19)23/h2-5,15H,6-14H2,1H3,(H2,19,23). The molecule has 3 rings (SSSR count). The lowest BCUT2D eigenvalue weighted by molar-refractivity contribution is 0.0239. The molecule has 0 saturated carbocycles. The average Bonchev–Trinajstić information content (AvgIpc) is 2.63. The Morgan fingerprint density at radius 2 is 1.71 bits per heavy atom. The van der Waals surface area contributed by atoms with Gasteiger partial charge in [0.15, 0.2) is 0 Å². The van der Waals surface area contributed by atoms with E-state index in [0.717, 1.165) is 59.0 Å². The number of nitrogens with zero attached hydrogens (tertiary/aromatic N) is 3. The molecule has 24 heavy (non-hydrogen) atoms. The van der Waals surface area contributed by atoms with Crippen LogP contribution < -0.4 is 10.6 Å². The molecular formula is C18H28N4O2. The summed E-state index contributed by atoms with van der Waals surface area (Å²) in [6, 6.07) is 8.18. The number of anilines is 1. The second-order valence-corrected chi connectivity index (χ2v) is 6.70. The maximum Gasteiger partial charge on any atom is 0.248 e. The summed E-state index contributed by atoms with van der Waals surface area (Å²) < 4.78 is 5.42. The van der Waals surface area contributed by atoms with Crippen LogP contribution in [0.1, 0.15) is 17.3 Å². The van der Waals surface area contributed by atoms with E-state index in [4.69, 9.17) is 10.5 Å². The number of carbonyl (C=O) groups is 1. The van der Waals surface area contributed by atoms with E-state index in [0.29, 0.717) is 11.6 Å². The molecule has 132 valence electrons. The van der Waals surface area contributed by atoms with Crippen LogP contribution in [-0.4, -0.2) is 80.8 Å². The zero-order valence-corrected chi connectivity index (χ0v) is 14.5. The first-order valence-electron chi connectivity index (χ1n) is 8.82. The number of nitrogens with two attached hydrogens (primary N) is 1. The Balaban J connectivity index is 1.48. The minimum absolute atomic E-state index is 0.372. The number of hydrogen-bond donors (Lipinski definition) is 1. The number of piperazine rings is 1. The van der Waals surface area contributed by atoms with E-state index in [1.165, 1.54) is 5.69 Å². The van der Waals surface area contributed by atoms with Crippen molar-refractivity contribution in [1.82, 2.24) is 9.80 Å². The largest absolute Gasteiger partial charge is 0.379 e. The normalized spacial score (nSPS) is 21.6. The fourth-order valence-corrected chi connectivity index (χ4v) is 3.53. The van der Waals surface area contributed by atoms with Crippen molar-refractivity contribution in [2.75, 3.05) is 63.9 Å². The predicted octanol–water partition coefficient (Wildman–Crippen LogP) is 0.628. The van der Waals surface area contributed by atoms with Crippen molar-refractivity contribution in [1.29, 1.82) is 0 Å². The first kappa shape index (κ1) is 17.2. The summed E-state index contributed by atoms with van der Waals surface area (Å²) in [5.41, 5.74) is 7.03. The third-order valence-electron chi connectivity index (χ3n) is 5.08. The molecule has 1 amide bonds. The zero-order chi connectivity index (χ0) is 16.9. The summed E-state index contributed by atoms with van der Waals surface area (Å²) in [5.74, 6) is -0.372. The van der Waals surface area contributed by atoms with Crippen molar-refractivity contribution in [3.05, 3.63) is 29.8 Å². The Morgan fingerprint density at radius 1 is 1.08 bits per heavy atom. The number of amides is 1. The smallest absolute Gasteiger partial charge is 0.248 e. The average molecular weight is 332 g/mol. The van der Waals surface area contributed by atoms with Crippen molar-refractivity contribution < 1.29 is 9.53 Å². The first-order chi connectivity index (χ1) is 11.6. The Labute approximate surface area is 144 Å². The van der Waals surface area contributed by atoms with Crippen molar-refractivity contribution in [3.63, 3.8) is 0 Å². The second-order valence-electron chi connectivity index (χ2n) is 6.70. The Morgan fingerprint density at radius 3 is 2.29 bits per heavy atom. The number of hydrogen-bond acceptors (Lipinski definition) is 5. The van der Waals surface area contributed by atoms with E-state index in [1.807, 2.05) is 24.3 Å². The van der Waals surface area contributed by atoms with Crippen LogP contribution in [0.3, 0.4) is 0 Å². The summed E-state index contributed by atoms with van der Waals surface area (Å²) in [6.45, 7) is 11.5. The van der Waals surface area contributed by atoms with Gasteiger partial charge in [-0.1, -0.05) is 0 Å². The van der Waals surface area contributed by atoms with Crippen molar-refractivity contribution >= 4 is 11.6 Å². The molecule has 2 fully saturated rings. The second kappa shape index (κ2) is 7.96. The molecule has 2 N–H and O–H groups in total. The van der Waals surface area contributed by atoms with Crippen molar-refractivity contribution in [3.8, 4) is 0 Å². The van der Waals surface area contributed by atoms with Crippen LogP contribution in [0.2, 0.25) is 0 Å². The fraction of sp³-hybridized carbons (Fsp3) is 0.611. The van der Waals surface area contributed by atoms with E-state index in [2.05, 4.69) is 21.6 Å². The van der Waals surface area contributed by atoms with E-state index < -0.39 is 0 Å². The molecule has 6 heteroatoms. The molecule has 2 aliphatic heterocycles. The number of morpholine rings is 1. The molecule has 0 bridgehead atoms. The maximum absolute atomic E-state index is 11.2. The number of primary amides is 1. The van der Waals surface area contributed by atoms with Crippen LogP contribution >= 0.6 is 0 Å². The van der Waals surface area contributed by atoms with Gasteiger partial charge in [0.1, 0.15) is 0 Å². The number of benzene rings is 1. The van der Waals surface area contributed by atoms with Crippen LogP contribution in [0.5, 0.6) is 0 Å². The van der Waals surface area contributed by atoms with Gasteiger partial charge in [-0.25, -0.2) is 0 Å². The van der Waals surface area contributed by atoms with Crippen LogP contribution in [0.15, 0.2) is 24.3 Å². The molecule has 0 radical (unpaired) electrons. The molecule has 0 spiro atoms. The summed E-state index contributed by atoms with van der Waals surface area (Å²) in [7, 11) is 0. The van der Waals surface area contributed by atoms with Gasteiger partial charge in [-0.05, 0) is 31.2 Å². The van der Waals surface area contributed by atoms with Gasteiger partial charge >= 0.3 is 0 Å². The lowest BCUT2D eigenvalue weighted by Crippen LogP contribution is -2.53.